The fourth-order valence-corrected chi connectivity index (χ4v) is 3.32. The molecule has 2 aliphatic rings. The maximum absolute atomic E-state index is 9.81. The van der Waals surface area contributed by atoms with Crippen LogP contribution in [0.2, 0.25) is 0 Å². The molecule has 0 amide bonds. The lowest BCUT2D eigenvalue weighted by Gasteiger charge is -2.52. The Morgan fingerprint density at radius 1 is 1.00 bits per heavy atom. The van der Waals surface area contributed by atoms with E-state index in [2.05, 4.69) is 20.8 Å². The van der Waals surface area contributed by atoms with Crippen molar-refractivity contribution < 1.29 is 5.11 Å². The summed E-state index contributed by atoms with van der Waals surface area (Å²) in [5, 5.41) is 9.81. The van der Waals surface area contributed by atoms with Crippen molar-refractivity contribution in [3.8, 4) is 0 Å². The minimum atomic E-state index is 0.0309. The van der Waals surface area contributed by atoms with E-state index in [1.807, 2.05) is 0 Å². The fraction of sp³-hybridized carbons (Fsp3) is 1.00. The summed E-state index contributed by atoms with van der Waals surface area (Å²) in [4.78, 5) is 0. The van der Waals surface area contributed by atoms with Crippen LogP contribution in [-0.4, -0.2) is 11.2 Å². The lowest BCUT2D eigenvalue weighted by atomic mass is 9.55. The van der Waals surface area contributed by atoms with Gasteiger partial charge in [-0.1, -0.05) is 20.8 Å². The van der Waals surface area contributed by atoms with Gasteiger partial charge in [0.25, 0.3) is 0 Å². The largest absolute Gasteiger partial charge is 0.393 e. The van der Waals surface area contributed by atoms with Crippen LogP contribution in [0.1, 0.15) is 59.3 Å². The first-order valence-electron chi connectivity index (χ1n) is 6.12. The Labute approximate surface area is 87.9 Å². The van der Waals surface area contributed by atoms with Gasteiger partial charge in [0.2, 0.25) is 0 Å². The Kier molecular flexibility index (Phi) is 2.42. The summed E-state index contributed by atoms with van der Waals surface area (Å²) in [6, 6.07) is 0. The average Bonchev–Trinajstić information content (AvgIpc) is 2.14. The predicted octanol–water partition coefficient (Wildman–Crippen LogP) is 3.36. The van der Waals surface area contributed by atoms with E-state index >= 15 is 0 Å². The molecule has 0 aliphatic heterocycles. The van der Waals surface area contributed by atoms with Crippen LogP contribution in [0, 0.1) is 16.7 Å². The maximum atomic E-state index is 9.81. The SMILES string of the molecule is CC(C)(C)C1CCC2(CC1)CC[C@H]2O. The Bertz CT molecular complexity index is 206. The van der Waals surface area contributed by atoms with Gasteiger partial charge >= 0.3 is 0 Å². The first-order chi connectivity index (χ1) is 6.44. The van der Waals surface area contributed by atoms with E-state index < -0.39 is 0 Å². The summed E-state index contributed by atoms with van der Waals surface area (Å²) in [7, 11) is 0. The molecule has 0 unspecified atom stereocenters. The van der Waals surface area contributed by atoms with Crippen LogP contribution in [0.4, 0.5) is 0 Å². The summed E-state index contributed by atoms with van der Waals surface area (Å²) in [5.41, 5.74) is 0.831. The van der Waals surface area contributed by atoms with Gasteiger partial charge in [-0.2, -0.15) is 0 Å². The highest BCUT2D eigenvalue weighted by atomic mass is 16.3. The second-order valence-electron chi connectivity index (χ2n) is 6.56. The topological polar surface area (TPSA) is 20.2 Å². The van der Waals surface area contributed by atoms with E-state index in [-0.39, 0.29) is 6.10 Å². The van der Waals surface area contributed by atoms with Crippen molar-refractivity contribution in [2.24, 2.45) is 16.7 Å². The van der Waals surface area contributed by atoms with Gasteiger partial charge in [0.05, 0.1) is 6.10 Å². The Balaban J connectivity index is 1.92. The zero-order valence-electron chi connectivity index (χ0n) is 9.84. The first-order valence-corrected chi connectivity index (χ1v) is 6.12. The number of aliphatic hydroxyl groups is 1. The highest BCUT2D eigenvalue weighted by Crippen LogP contribution is 2.55. The van der Waals surface area contributed by atoms with Gasteiger partial charge < -0.3 is 5.11 Å². The first kappa shape index (κ1) is 10.5. The van der Waals surface area contributed by atoms with E-state index in [0.29, 0.717) is 10.8 Å². The molecule has 14 heavy (non-hydrogen) atoms. The zero-order valence-corrected chi connectivity index (χ0v) is 9.84. The molecule has 82 valence electrons. The van der Waals surface area contributed by atoms with Crippen LogP contribution in [0.25, 0.3) is 0 Å². The molecular weight excluding hydrogens is 172 g/mol. The van der Waals surface area contributed by atoms with Crippen LogP contribution >= 0.6 is 0 Å². The van der Waals surface area contributed by atoms with Crippen molar-refractivity contribution in [2.45, 2.75) is 65.4 Å². The van der Waals surface area contributed by atoms with Crippen LogP contribution in [0.15, 0.2) is 0 Å². The van der Waals surface area contributed by atoms with Gasteiger partial charge in [-0.15, -0.1) is 0 Å². The van der Waals surface area contributed by atoms with Crippen molar-refractivity contribution in [1.29, 1.82) is 0 Å². The van der Waals surface area contributed by atoms with Crippen molar-refractivity contribution in [1.82, 2.24) is 0 Å². The molecule has 0 saturated heterocycles. The van der Waals surface area contributed by atoms with Crippen LogP contribution in [-0.2, 0) is 0 Å². The standard InChI is InChI=1S/C13H24O/c1-12(2,3)10-4-7-13(8-5-10)9-6-11(13)14/h10-11,14H,4-9H2,1-3H3/t10?,11-,13?/m1/s1. The molecule has 2 fully saturated rings. The smallest absolute Gasteiger partial charge is 0.0596 e. The molecule has 0 aromatic rings. The highest BCUT2D eigenvalue weighted by molar-refractivity contribution is 4.99. The summed E-state index contributed by atoms with van der Waals surface area (Å²) in [6.45, 7) is 7.06. The van der Waals surface area contributed by atoms with Crippen molar-refractivity contribution in [3.63, 3.8) is 0 Å². The molecule has 1 spiro atoms. The Morgan fingerprint density at radius 3 is 1.79 bits per heavy atom. The van der Waals surface area contributed by atoms with Crippen LogP contribution < -0.4 is 0 Å². The third-order valence-corrected chi connectivity index (χ3v) is 4.83. The predicted molar refractivity (Wildman–Crippen MR) is 59.1 cm³/mol. The van der Waals surface area contributed by atoms with Crippen molar-refractivity contribution in [2.75, 3.05) is 0 Å². The second-order valence-corrected chi connectivity index (χ2v) is 6.56. The van der Waals surface area contributed by atoms with E-state index in [4.69, 9.17) is 0 Å². The molecule has 1 N–H and O–H groups in total. The molecule has 0 heterocycles. The van der Waals surface area contributed by atoms with Gasteiger partial charge in [0.15, 0.2) is 0 Å². The number of hydrogen-bond donors (Lipinski definition) is 1. The molecule has 2 saturated carbocycles. The molecular formula is C13H24O. The average molecular weight is 196 g/mol. The Hall–Kier alpha value is -0.0400. The number of aliphatic hydroxyl groups excluding tert-OH is 1. The molecule has 1 heteroatoms. The monoisotopic (exact) mass is 196 g/mol. The minimum Gasteiger partial charge on any atom is -0.393 e. The maximum Gasteiger partial charge on any atom is 0.0596 e. The summed E-state index contributed by atoms with van der Waals surface area (Å²) in [6.07, 6.45) is 7.59. The van der Waals surface area contributed by atoms with Gasteiger partial charge in [-0.25, -0.2) is 0 Å². The molecule has 0 bridgehead atoms. The van der Waals surface area contributed by atoms with E-state index in [9.17, 15) is 5.11 Å². The number of hydrogen-bond acceptors (Lipinski definition) is 1. The summed E-state index contributed by atoms with van der Waals surface area (Å²) in [5.74, 6) is 0.876. The van der Waals surface area contributed by atoms with E-state index in [0.717, 1.165) is 12.3 Å². The van der Waals surface area contributed by atoms with Gasteiger partial charge in [-0.3, -0.25) is 0 Å². The van der Waals surface area contributed by atoms with Crippen molar-refractivity contribution >= 4 is 0 Å². The Morgan fingerprint density at radius 2 is 1.50 bits per heavy atom. The van der Waals surface area contributed by atoms with Crippen LogP contribution in [0.3, 0.4) is 0 Å². The fourth-order valence-electron chi connectivity index (χ4n) is 3.32. The molecule has 2 rings (SSSR count). The molecule has 0 aromatic heterocycles. The minimum absolute atomic E-state index is 0.0309. The second kappa shape index (κ2) is 3.23. The summed E-state index contributed by atoms with van der Waals surface area (Å²) >= 11 is 0. The van der Waals surface area contributed by atoms with Gasteiger partial charge in [0.1, 0.15) is 0 Å². The quantitative estimate of drug-likeness (QED) is 0.630. The molecule has 0 radical (unpaired) electrons. The lowest BCUT2D eigenvalue weighted by molar-refractivity contribution is -0.101. The van der Waals surface area contributed by atoms with Crippen LogP contribution in [0.5, 0.6) is 0 Å². The van der Waals surface area contributed by atoms with Gasteiger partial charge in [-0.05, 0) is 55.3 Å². The van der Waals surface area contributed by atoms with Crippen molar-refractivity contribution in [3.05, 3.63) is 0 Å². The molecule has 1 atom stereocenters. The van der Waals surface area contributed by atoms with E-state index in [1.54, 1.807) is 0 Å². The van der Waals surface area contributed by atoms with E-state index in [1.165, 1.54) is 32.1 Å². The van der Waals surface area contributed by atoms with Gasteiger partial charge in [0, 0.05) is 0 Å². The third kappa shape index (κ3) is 1.60. The number of rotatable bonds is 0. The summed E-state index contributed by atoms with van der Waals surface area (Å²) < 4.78 is 0. The highest BCUT2D eigenvalue weighted by Gasteiger charge is 2.48. The third-order valence-electron chi connectivity index (χ3n) is 4.83. The zero-order chi connectivity index (χ0) is 10.4. The molecule has 0 aromatic carbocycles. The lowest BCUT2D eigenvalue weighted by Crippen LogP contribution is -2.48. The normalized spacial score (nSPS) is 43.7. The molecule has 2 aliphatic carbocycles. The molecule has 1 nitrogen and oxygen atoms in total.